The SMILES string of the molecule is CC(C)(C)OC(=O)N1CC=C(c2ccc3c(c2)C(C)(C)C(=O)N(Cc2ncc(-c4nnc(C(F)F)o4)cn2)C3=O)CC1. The molecule has 0 saturated heterocycles. The van der Waals surface area contributed by atoms with Crippen molar-refractivity contribution in [3.63, 3.8) is 0 Å². The second-order valence-electron chi connectivity index (χ2n) is 11.6. The predicted octanol–water partition coefficient (Wildman–Crippen LogP) is 4.95. The minimum absolute atomic E-state index is 0.168. The van der Waals surface area contributed by atoms with E-state index >= 15 is 0 Å². The van der Waals surface area contributed by atoms with Crippen LogP contribution in [0.2, 0.25) is 0 Å². The monoisotopic (exact) mass is 580 g/mol. The van der Waals surface area contributed by atoms with Crippen LogP contribution in [0.15, 0.2) is 41.1 Å². The molecular formula is C29H30F2N6O5. The van der Waals surface area contributed by atoms with Gasteiger partial charge in [0.2, 0.25) is 5.91 Å². The molecular weight excluding hydrogens is 550 g/mol. The van der Waals surface area contributed by atoms with Gasteiger partial charge in [0.1, 0.15) is 11.4 Å². The molecule has 5 rings (SSSR count). The van der Waals surface area contributed by atoms with E-state index in [-0.39, 0.29) is 29.9 Å². The molecule has 42 heavy (non-hydrogen) atoms. The molecule has 0 spiro atoms. The van der Waals surface area contributed by atoms with Crippen molar-refractivity contribution >= 4 is 23.5 Å². The molecule has 2 aromatic heterocycles. The number of nitrogens with zero attached hydrogens (tertiary/aromatic N) is 6. The maximum absolute atomic E-state index is 13.6. The molecule has 0 N–H and O–H groups in total. The van der Waals surface area contributed by atoms with Crippen LogP contribution in [0.4, 0.5) is 13.6 Å². The van der Waals surface area contributed by atoms with E-state index in [1.807, 2.05) is 39.0 Å². The zero-order valence-corrected chi connectivity index (χ0v) is 23.9. The van der Waals surface area contributed by atoms with Crippen LogP contribution in [0.25, 0.3) is 17.0 Å². The molecule has 3 amide bonds. The molecule has 11 nitrogen and oxygen atoms in total. The van der Waals surface area contributed by atoms with E-state index in [9.17, 15) is 23.2 Å². The summed E-state index contributed by atoms with van der Waals surface area (Å²) in [5.74, 6) is -1.69. The van der Waals surface area contributed by atoms with Gasteiger partial charge in [-0.05, 0) is 69.9 Å². The summed E-state index contributed by atoms with van der Waals surface area (Å²) < 4.78 is 35.9. The third kappa shape index (κ3) is 5.63. The van der Waals surface area contributed by atoms with Crippen LogP contribution < -0.4 is 0 Å². The lowest BCUT2D eigenvalue weighted by Gasteiger charge is -2.37. The van der Waals surface area contributed by atoms with Gasteiger partial charge in [0, 0.05) is 31.0 Å². The van der Waals surface area contributed by atoms with Gasteiger partial charge >= 0.3 is 12.5 Å². The molecule has 0 radical (unpaired) electrons. The highest BCUT2D eigenvalue weighted by Gasteiger charge is 2.45. The summed E-state index contributed by atoms with van der Waals surface area (Å²) in [6.07, 6.45) is 1.90. The molecule has 2 aliphatic heterocycles. The molecule has 3 aromatic rings. The summed E-state index contributed by atoms with van der Waals surface area (Å²) in [7, 11) is 0. The Kier molecular flexibility index (Phi) is 7.37. The fraction of sp³-hybridized carbons (Fsp3) is 0.414. The average molecular weight is 581 g/mol. The van der Waals surface area contributed by atoms with Crippen molar-refractivity contribution in [2.75, 3.05) is 13.1 Å². The molecule has 220 valence electrons. The molecule has 4 heterocycles. The number of amides is 3. The quantitative estimate of drug-likeness (QED) is 0.385. The highest BCUT2D eigenvalue weighted by Crippen LogP contribution is 2.37. The van der Waals surface area contributed by atoms with Gasteiger partial charge < -0.3 is 14.1 Å². The number of rotatable bonds is 5. The minimum Gasteiger partial charge on any atom is -0.444 e. The van der Waals surface area contributed by atoms with Crippen molar-refractivity contribution in [3.05, 3.63) is 65.1 Å². The van der Waals surface area contributed by atoms with Crippen molar-refractivity contribution in [2.45, 2.75) is 65.0 Å². The van der Waals surface area contributed by atoms with E-state index in [0.717, 1.165) is 16.0 Å². The molecule has 0 atom stereocenters. The number of ether oxygens (including phenoxy) is 1. The Labute approximate surface area is 240 Å². The highest BCUT2D eigenvalue weighted by atomic mass is 19.3. The van der Waals surface area contributed by atoms with Gasteiger partial charge in [0.05, 0.1) is 17.5 Å². The Morgan fingerprint density at radius 1 is 1.12 bits per heavy atom. The molecule has 13 heteroatoms. The first-order chi connectivity index (χ1) is 19.7. The van der Waals surface area contributed by atoms with Gasteiger partial charge in [-0.3, -0.25) is 14.5 Å². The molecule has 0 aliphatic carbocycles. The van der Waals surface area contributed by atoms with E-state index in [4.69, 9.17) is 9.15 Å². The topological polar surface area (TPSA) is 132 Å². The van der Waals surface area contributed by atoms with Crippen molar-refractivity contribution in [1.82, 2.24) is 30.0 Å². The Morgan fingerprint density at radius 2 is 1.83 bits per heavy atom. The molecule has 1 aromatic carbocycles. The van der Waals surface area contributed by atoms with Gasteiger partial charge in [-0.25, -0.2) is 14.8 Å². The summed E-state index contributed by atoms with van der Waals surface area (Å²) in [6, 6.07) is 5.44. The summed E-state index contributed by atoms with van der Waals surface area (Å²) >= 11 is 0. The van der Waals surface area contributed by atoms with E-state index in [0.29, 0.717) is 30.6 Å². The number of carbonyl (C=O) groups excluding carboxylic acids is 3. The molecule has 0 saturated carbocycles. The lowest BCUT2D eigenvalue weighted by atomic mass is 9.76. The molecule has 0 bridgehead atoms. The van der Waals surface area contributed by atoms with E-state index in [1.165, 1.54) is 12.4 Å². The summed E-state index contributed by atoms with van der Waals surface area (Å²) in [6.45, 7) is 9.70. The van der Waals surface area contributed by atoms with Crippen molar-refractivity contribution < 1.29 is 32.3 Å². The Balaban J connectivity index is 1.33. The fourth-order valence-electron chi connectivity index (χ4n) is 4.83. The number of alkyl halides is 2. The predicted molar refractivity (Wildman–Crippen MR) is 145 cm³/mol. The number of carbonyl (C=O) groups is 3. The van der Waals surface area contributed by atoms with Gasteiger partial charge in [0.25, 0.3) is 17.7 Å². The smallest absolute Gasteiger partial charge is 0.410 e. The van der Waals surface area contributed by atoms with Crippen LogP contribution in [0, 0.1) is 0 Å². The Hall–Kier alpha value is -4.55. The number of hydrogen-bond donors (Lipinski definition) is 0. The van der Waals surface area contributed by atoms with Crippen LogP contribution in [-0.4, -0.2) is 66.6 Å². The second kappa shape index (κ2) is 10.7. The van der Waals surface area contributed by atoms with Gasteiger partial charge in [-0.2, -0.15) is 8.78 Å². The van der Waals surface area contributed by atoms with E-state index in [2.05, 4.69) is 20.2 Å². The maximum Gasteiger partial charge on any atom is 0.410 e. The Bertz CT molecular complexity index is 1580. The fourth-order valence-corrected chi connectivity index (χ4v) is 4.83. The van der Waals surface area contributed by atoms with E-state index < -0.39 is 35.1 Å². The standard InChI is InChI=1S/C29H30F2N6O5/c1-28(2,3)42-27(40)36-10-8-16(9-11-36)17-6-7-19-20(12-17)29(4,5)26(39)37(25(19)38)15-21-32-13-18(14-33-21)23-34-35-24(41-23)22(30)31/h6-8,12-14,22H,9-11,15H2,1-5H3. The zero-order chi connectivity index (χ0) is 30.4. The first-order valence-corrected chi connectivity index (χ1v) is 13.4. The summed E-state index contributed by atoms with van der Waals surface area (Å²) in [4.78, 5) is 50.6. The van der Waals surface area contributed by atoms with Gasteiger partial charge in [-0.1, -0.05) is 12.1 Å². The number of aromatic nitrogens is 4. The number of halogens is 2. The van der Waals surface area contributed by atoms with Gasteiger partial charge in [-0.15, -0.1) is 10.2 Å². The van der Waals surface area contributed by atoms with Crippen molar-refractivity contribution in [3.8, 4) is 11.5 Å². The second-order valence-corrected chi connectivity index (χ2v) is 11.6. The summed E-state index contributed by atoms with van der Waals surface area (Å²) in [5, 5.41) is 6.84. The normalized spacial score (nSPS) is 16.9. The molecule has 2 aliphatic rings. The van der Waals surface area contributed by atoms with Crippen LogP contribution >= 0.6 is 0 Å². The molecule has 0 fully saturated rings. The largest absolute Gasteiger partial charge is 0.444 e. The molecule has 0 unspecified atom stereocenters. The lowest BCUT2D eigenvalue weighted by Crippen LogP contribution is -2.51. The maximum atomic E-state index is 13.6. The third-order valence-electron chi connectivity index (χ3n) is 7.06. The minimum atomic E-state index is -2.90. The first kappa shape index (κ1) is 29.0. The van der Waals surface area contributed by atoms with Crippen LogP contribution in [0.5, 0.6) is 0 Å². The number of fused-ring (bicyclic) bond motifs is 1. The van der Waals surface area contributed by atoms with Crippen molar-refractivity contribution in [1.29, 1.82) is 0 Å². The number of imide groups is 1. The van der Waals surface area contributed by atoms with E-state index in [1.54, 1.807) is 24.8 Å². The van der Waals surface area contributed by atoms with Gasteiger partial charge in [0.15, 0.2) is 0 Å². The third-order valence-corrected chi connectivity index (χ3v) is 7.06. The Morgan fingerprint density at radius 3 is 2.43 bits per heavy atom. The van der Waals surface area contributed by atoms with Crippen LogP contribution in [0.1, 0.15) is 80.7 Å². The first-order valence-electron chi connectivity index (χ1n) is 13.4. The van der Waals surface area contributed by atoms with Crippen LogP contribution in [-0.2, 0) is 21.5 Å². The van der Waals surface area contributed by atoms with Crippen molar-refractivity contribution in [2.24, 2.45) is 0 Å². The highest BCUT2D eigenvalue weighted by molar-refractivity contribution is 6.13. The van der Waals surface area contributed by atoms with Crippen LogP contribution in [0.3, 0.4) is 0 Å². The zero-order valence-electron chi connectivity index (χ0n) is 23.9. The average Bonchev–Trinajstić information content (AvgIpc) is 3.45. The summed E-state index contributed by atoms with van der Waals surface area (Å²) in [5.41, 5.74) is 1.54. The number of benzene rings is 1. The lowest BCUT2D eigenvalue weighted by molar-refractivity contribution is -0.134. The number of hydrogen-bond acceptors (Lipinski definition) is 9.